The molecular weight excluding hydrogens is 191 g/mol. The summed E-state index contributed by atoms with van der Waals surface area (Å²) in [6, 6.07) is -0.250. The molecule has 0 amide bonds. The van der Waals surface area contributed by atoms with Crippen LogP contribution >= 0.6 is 0 Å². The molecule has 0 heterocycles. The van der Waals surface area contributed by atoms with Crippen LogP contribution in [0.25, 0.3) is 0 Å². The van der Waals surface area contributed by atoms with E-state index in [1.165, 1.54) is 31.4 Å². The normalized spacial score (nSPS) is 37.8. The summed E-state index contributed by atoms with van der Waals surface area (Å²) in [4.78, 5) is 0. The van der Waals surface area contributed by atoms with Crippen molar-refractivity contribution in [3.63, 3.8) is 0 Å². The maximum Gasteiger partial charge on any atom is 0.120 e. The molecule has 84 valence electrons. The highest BCUT2D eigenvalue weighted by atomic mass is 19.1. The zero-order valence-electron chi connectivity index (χ0n) is 8.95. The summed E-state index contributed by atoms with van der Waals surface area (Å²) in [6.07, 6.45) is 10.4. The van der Waals surface area contributed by atoms with E-state index >= 15 is 0 Å². The molecule has 0 aliphatic heterocycles. The highest BCUT2D eigenvalue weighted by molar-refractivity contribution is 5.31. The molecule has 1 saturated carbocycles. The lowest BCUT2D eigenvalue weighted by atomic mass is 9.70. The lowest BCUT2D eigenvalue weighted by Crippen LogP contribution is -2.59. The van der Waals surface area contributed by atoms with E-state index in [-0.39, 0.29) is 11.9 Å². The molecule has 0 bridgehead atoms. The van der Waals surface area contributed by atoms with Crippen molar-refractivity contribution >= 4 is 0 Å². The van der Waals surface area contributed by atoms with Crippen LogP contribution in [0, 0.1) is 5.92 Å². The molecule has 0 spiro atoms. The molecule has 2 nitrogen and oxygen atoms in total. The summed E-state index contributed by atoms with van der Waals surface area (Å²) in [5, 5.41) is 0. The Hall–Kier alpha value is -0.670. The first-order valence-electron chi connectivity index (χ1n) is 5.74. The standard InChI is InChI=1S/C12H19FN2/c13-10-6-7-11(14)12(15,8-10)9-4-2-1-3-5-9/h6-9,11H,1-5,14-15H2. The first kappa shape index (κ1) is 10.8. The molecule has 2 rings (SSSR count). The summed E-state index contributed by atoms with van der Waals surface area (Å²) in [7, 11) is 0. The number of allylic oxidation sites excluding steroid dienone is 2. The Morgan fingerprint density at radius 3 is 2.60 bits per heavy atom. The Labute approximate surface area is 90.2 Å². The predicted octanol–water partition coefficient (Wildman–Crippen LogP) is 2.01. The molecule has 4 N–H and O–H groups in total. The Balaban J connectivity index is 2.19. The minimum Gasteiger partial charge on any atom is -0.323 e. The number of hydrogen-bond acceptors (Lipinski definition) is 2. The van der Waals surface area contributed by atoms with Crippen LogP contribution in [0.15, 0.2) is 24.1 Å². The van der Waals surface area contributed by atoms with Crippen LogP contribution in [0.4, 0.5) is 4.39 Å². The maximum absolute atomic E-state index is 13.2. The molecule has 2 aliphatic rings. The van der Waals surface area contributed by atoms with E-state index in [0.29, 0.717) is 5.92 Å². The minimum atomic E-state index is -0.667. The summed E-state index contributed by atoms with van der Waals surface area (Å²) >= 11 is 0. The lowest BCUT2D eigenvalue weighted by molar-refractivity contribution is 0.228. The molecule has 3 heteroatoms. The fraction of sp³-hybridized carbons (Fsp3) is 0.667. The number of rotatable bonds is 1. The molecule has 0 saturated heterocycles. The second kappa shape index (κ2) is 4.06. The van der Waals surface area contributed by atoms with Crippen molar-refractivity contribution in [3.8, 4) is 0 Å². The molecule has 15 heavy (non-hydrogen) atoms. The molecule has 2 aliphatic carbocycles. The Bertz CT molecular complexity index is 292. The Morgan fingerprint density at radius 2 is 1.93 bits per heavy atom. The van der Waals surface area contributed by atoms with Gasteiger partial charge in [-0.15, -0.1) is 0 Å². The highest BCUT2D eigenvalue weighted by Crippen LogP contribution is 2.36. The SMILES string of the molecule is NC1C=CC(F)=CC1(N)C1CCCCC1. The number of halogens is 1. The zero-order chi connectivity index (χ0) is 10.9. The van der Waals surface area contributed by atoms with Gasteiger partial charge in [0.05, 0.1) is 5.54 Å². The van der Waals surface area contributed by atoms with Crippen molar-refractivity contribution in [1.29, 1.82) is 0 Å². The van der Waals surface area contributed by atoms with E-state index in [9.17, 15) is 4.39 Å². The van der Waals surface area contributed by atoms with Gasteiger partial charge in [-0.3, -0.25) is 0 Å². The van der Waals surface area contributed by atoms with E-state index in [1.807, 2.05) is 0 Å². The third-order valence-electron chi connectivity index (χ3n) is 3.74. The van der Waals surface area contributed by atoms with Gasteiger partial charge in [-0.2, -0.15) is 0 Å². The van der Waals surface area contributed by atoms with Crippen LogP contribution < -0.4 is 11.5 Å². The molecule has 0 aromatic heterocycles. The maximum atomic E-state index is 13.2. The second-order valence-corrected chi connectivity index (χ2v) is 4.75. The average Bonchev–Trinajstić information content (AvgIpc) is 2.25. The van der Waals surface area contributed by atoms with Gasteiger partial charge in [0, 0.05) is 6.04 Å². The minimum absolute atomic E-state index is 0.246. The van der Waals surface area contributed by atoms with Crippen LogP contribution in [0.1, 0.15) is 32.1 Å². The first-order valence-corrected chi connectivity index (χ1v) is 5.74. The molecule has 0 aromatic carbocycles. The van der Waals surface area contributed by atoms with Gasteiger partial charge >= 0.3 is 0 Å². The lowest BCUT2D eigenvalue weighted by Gasteiger charge is -2.41. The summed E-state index contributed by atoms with van der Waals surface area (Å²) in [5.41, 5.74) is 11.6. The van der Waals surface area contributed by atoms with Crippen LogP contribution in [-0.4, -0.2) is 11.6 Å². The van der Waals surface area contributed by atoms with Gasteiger partial charge in [-0.1, -0.05) is 25.3 Å². The first-order chi connectivity index (χ1) is 7.13. The van der Waals surface area contributed by atoms with E-state index in [0.717, 1.165) is 12.8 Å². The van der Waals surface area contributed by atoms with Crippen LogP contribution in [0.2, 0.25) is 0 Å². The van der Waals surface area contributed by atoms with Gasteiger partial charge in [0.15, 0.2) is 0 Å². The zero-order valence-corrected chi connectivity index (χ0v) is 8.95. The van der Waals surface area contributed by atoms with Gasteiger partial charge in [0.1, 0.15) is 5.83 Å². The van der Waals surface area contributed by atoms with Crippen molar-refractivity contribution in [2.45, 2.75) is 43.7 Å². The molecule has 1 fully saturated rings. The van der Waals surface area contributed by atoms with Gasteiger partial charge in [0.2, 0.25) is 0 Å². The predicted molar refractivity (Wildman–Crippen MR) is 59.8 cm³/mol. The summed E-state index contributed by atoms with van der Waals surface area (Å²) < 4.78 is 13.2. The Morgan fingerprint density at radius 1 is 1.27 bits per heavy atom. The fourth-order valence-electron chi connectivity index (χ4n) is 2.74. The fourth-order valence-corrected chi connectivity index (χ4v) is 2.74. The van der Waals surface area contributed by atoms with E-state index in [2.05, 4.69) is 0 Å². The van der Waals surface area contributed by atoms with Crippen LogP contribution in [0.5, 0.6) is 0 Å². The third-order valence-corrected chi connectivity index (χ3v) is 3.74. The topological polar surface area (TPSA) is 52.0 Å². The Kier molecular flexibility index (Phi) is 2.94. The van der Waals surface area contributed by atoms with E-state index in [1.54, 1.807) is 6.08 Å². The summed E-state index contributed by atoms with van der Waals surface area (Å²) in [6.45, 7) is 0. The highest BCUT2D eigenvalue weighted by Gasteiger charge is 2.39. The van der Waals surface area contributed by atoms with Gasteiger partial charge < -0.3 is 11.5 Å². The largest absolute Gasteiger partial charge is 0.323 e. The summed E-state index contributed by atoms with van der Waals surface area (Å²) in [5.74, 6) is 0.0849. The van der Waals surface area contributed by atoms with Crippen molar-refractivity contribution in [2.75, 3.05) is 0 Å². The van der Waals surface area contributed by atoms with Gasteiger partial charge in [0.25, 0.3) is 0 Å². The molecule has 2 atom stereocenters. The van der Waals surface area contributed by atoms with E-state index < -0.39 is 5.54 Å². The molecular formula is C12H19FN2. The monoisotopic (exact) mass is 210 g/mol. The average molecular weight is 210 g/mol. The number of hydrogen-bond donors (Lipinski definition) is 2. The van der Waals surface area contributed by atoms with Crippen LogP contribution in [-0.2, 0) is 0 Å². The van der Waals surface area contributed by atoms with Crippen molar-refractivity contribution < 1.29 is 4.39 Å². The van der Waals surface area contributed by atoms with Gasteiger partial charge in [-0.25, -0.2) is 4.39 Å². The van der Waals surface area contributed by atoms with Crippen molar-refractivity contribution in [3.05, 3.63) is 24.1 Å². The number of nitrogens with two attached hydrogens (primary N) is 2. The molecule has 2 unspecified atom stereocenters. The van der Waals surface area contributed by atoms with Crippen molar-refractivity contribution in [1.82, 2.24) is 0 Å². The smallest absolute Gasteiger partial charge is 0.120 e. The van der Waals surface area contributed by atoms with Gasteiger partial charge in [-0.05, 0) is 30.9 Å². The third kappa shape index (κ3) is 1.99. The molecule has 0 aromatic rings. The van der Waals surface area contributed by atoms with E-state index in [4.69, 9.17) is 11.5 Å². The molecule has 0 radical (unpaired) electrons. The quantitative estimate of drug-likeness (QED) is 0.695. The second-order valence-electron chi connectivity index (χ2n) is 4.75. The van der Waals surface area contributed by atoms with Crippen LogP contribution in [0.3, 0.4) is 0 Å². The van der Waals surface area contributed by atoms with Crippen molar-refractivity contribution in [2.24, 2.45) is 17.4 Å².